The van der Waals surface area contributed by atoms with Crippen molar-refractivity contribution in [2.45, 2.75) is 13.3 Å². The van der Waals surface area contributed by atoms with Crippen LogP contribution in [-0.4, -0.2) is 14.2 Å². The molecule has 24 heavy (non-hydrogen) atoms. The van der Waals surface area contributed by atoms with Gasteiger partial charge in [-0.15, -0.1) is 0 Å². The van der Waals surface area contributed by atoms with Crippen LogP contribution in [0.1, 0.15) is 12.6 Å². The fourth-order valence-corrected chi connectivity index (χ4v) is 2.95. The predicted octanol–water partition coefficient (Wildman–Crippen LogP) is 3.71. The van der Waals surface area contributed by atoms with Crippen LogP contribution in [0, 0.1) is 0 Å². The lowest BCUT2D eigenvalue weighted by Gasteiger charge is -2.11. The maximum absolute atomic E-state index is 12.7. The van der Waals surface area contributed by atoms with Crippen molar-refractivity contribution in [2.24, 2.45) is 0 Å². The molecule has 0 fully saturated rings. The molecule has 0 bridgehead atoms. The Labute approximate surface area is 139 Å². The summed E-state index contributed by atoms with van der Waals surface area (Å²) in [5.41, 5.74) is 4.33. The van der Waals surface area contributed by atoms with E-state index in [9.17, 15) is 4.79 Å². The number of hydrogen-bond donors (Lipinski definition) is 0. The molecule has 0 aliphatic rings. The number of aryl methyl sites for hydroxylation is 1. The molecule has 0 radical (unpaired) electrons. The van der Waals surface area contributed by atoms with Crippen LogP contribution in [0.15, 0.2) is 77.6 Å². The highest BCUT2D eigenvalue weighted by molar-refractivity contribution is 5.67. The molecule has 118 valence electrons. The van der Waals surface area contributed by atoms with Crippen molar-refractivity contribution in [1.82, 2.24) is 14.2 Å². The molecule has 0 aliphatic heterocycles. The number of benzene rings is 2. The Morgan fingerprint density at radius 2 is 1.58 bits per heavy atom. The minimum absolute atomic E-state index is 0.0668. The Kier molecular flexibility index (Phi) is 3.50. The van der Waals surface area contributed by atoms with Crippen molar-refractivity contribution < 1.29 is 0 Å². The zero-order chi connectivity index (χ0) is 16.5. The molecule has 0 N–H and O–H groups in total. The van der Waals surface area contributed by atoms with Crippen LogP contribution in [0.4, 0.5) is 0 Å². The van der Waals surface area contributed by atoms with Gasteiger partial charge in [-0.1, -0.05) is 55.5 Å². The molecule has 4 aromatic rings. The van der Waals surface area contributed by atoms with Gasteiger partial charge < -0.3 is 0 Å². The molecule has 4 rings (SSSR count). The zero-order valence-electron chi connectivity index (χ0n) is 13.4. The van der Waals surface area contributed by atoms with Gasteiger partial charge in [-0.05, 0) is 18.6 Å². The standard InChI is InChI=1S/C20H17N3O/c1-2-16-13-20(24)23-19(21-16)14-18(15-9-5-3-6-10-15)22(23)17-11-7-4-8-12-17/h3-14H,2H2,1H3. The number of nitrogens with zero attached hydrogens (tertiary/aromatic N) is 3. The summed E-state index contributed by atoms with van der Waals surface area (Å²) >= 11 is 0. The molecule has 4 heteroatoms. The summed E-state index contributed by atoms with van der Waals surface area (Å²) in [4.78, 5) is 17.3. The third kappa shape index (κ3) is 2.33. The van der Waals surface area contributed by atoms with Gasteiger partial charge >= 0.3 is 0 Å². The van der Waals surface area contributed by atoms with Crippen molar-refractivity contribution in [2.75, 3.05) is 0 Å². The summed E-state index contributed by atoms with van der Waals surface area (Å²) in [6.07, 6.45) is 0.739. The van der Waals surface area contributed by atoms with E-state index in [2.05, 4.69) is 4.98 Å². The Morgan fingerprint density at radius 1 is 0.917 bits per heavy atom. The Morgan fingerprint density at radius 3 is 2.25 bits per heavy atom. The number of hydrogen-bond acceptors (Lipinski definition) is 2. The topological polar surface area (TPSA) is 39.3 Å². The van der Waals surface area contributed by atoms with Gasteiger partial charge in [-0.25, -0.2) is 9.67 Å². The molecule has 0 saturated heterocycles. The highest BCUT2D eigenvalue weighted by atomic mass is 16.1. The largest absolute Gasteiger partial charge is 0.273 e. The lowest BCUT2D eigenvalue weighted by molar-refractivity contribution is 0.763. The summed E-state index contributed by atoms with van der Waals surface area (Å²) in [5.74, 6) is 0. The third-order valence-electron chi connectivity index (χ3n) is 4.10. The average Bonchev–Trinajstić information content (AvgIpc) is 3.03. The SMILES string of the molecule is CCc1cc(=O)n2c(cc(-c3ccccc3)n2-c2ccccc2)n1. The first-order chi connectivity index (χ1) is 11.8. The fraction of sp³-hybridized carbons (Fsp3) is 0.100. The normalized spacial score (nSPS) is 11.0. The Bertz CT molecular complexity index is 1050. The summed E-state index contributed by atoms with van der Waals surface area (Å²) in [7, 11) is 0. The minimum Gasteiger partial charge on any atom is -0.267 e. The number of fused-ring (bicyclic) bond motifs is 1. The molecule has 0 atom stereocenters. The van der Waals surface area contributed by atoms with E-state index in [1.807, 2.05) is 78.3 Å². The maximum Gasteiger partial charge on any atom is 0.273 e. The summed E-state index contributed by atoms with van der Waals surface area (Å²) in [6.45, 7) is 2.00. The number of rotatable bonds is 3. The average molecular weight is 315 g/mol. The second-order valence-electron chi connectivity index (χ2n) is 5.65. The predicted molar refractivity (Wildman–Crippen MR) is 95.6 cm³/mol. The quantitative estimate of drug-likeness (QED) is 0.578. The van der Waals surface area contributed by atoms with Crippen LogP contribution in [0.3, 0.4) is 0 Å². The molecule has 0 amide bonds. The molecular formula is C20H17N3O. The molecule has 2 aromatic heterocycles. The molecule has 2 aromatic carbocycles. The summed E-state index contributed by atoms with van der Waals surface area (Å²) in [5, 5.41) is 0. The smallest absolute Gasteiger partial charge is 0.267 e. The van der Waals surface area contributed by atoms with E-state index in [4.69, 9.17) is 0 Å². The van der Waals surface area contributed by atoms with Gasteiger partial charge in [-0.2, -0.15) is 4.52 Å². The molecule has 0 spiro atoms. The molecule has 0 saturated carbocycles. The molecule has 2 heterocycles. The van der Waals surface area contributed by atoms with E-state index >= 15 is 0 Å². The van der Waals surface area contributed by atoms with Crippen molar-refractivity contribution in [1.29, 1.82) is 0 Å². The van der Waals surface area contributed by atoms with Gasteiger partial charge in [0.15, 0.2) is 5.65 Å². The number of para-hydroxylation sites is 1. The third-order valence-corrected chi connectivity index (χ3v) is 4.10. The van der Waals surface area contributed by atoms with Crippen LogP contribution in [0.2, 0.25) is 0 Å². The summed E-state index contributed by atoms with van der Waals surface area (Å²) < 4.78 is 3.57. The molecular weight excluding hydrogens is 298 g/mol. The Balaban J connectivity index is 2.12. The van der Waals surface area contributed by atoms with Gasteiger partial charge in [-0.3, -0.25) is 4.79 Å². The number of aromatic nitrogens is 3. The lowest BCUT2D eigenvalue weighted by atomic mass is 10.1. The van der Waals surface area contributed by atoms with Crippen molar-refractivity contribution in [3.8, 4) is 16.9 Å². The van der Waals surface area contributed by atoms with Gasteiger partial charge in [0.1, 0.15) is 0 Å². The monoisotopic (exact) mass is 315 g/mol. The van der Waals surface area contributed by atoms with Crippen molar-refractivity contribution in [3.05, 3.63) is 88.8 Å². The van der Waals surface area contributed by atoms with E-state index in [0.29, 0.717) is 5.65 Å². The second-order valence-corrected chi connectivity index (χ2v) is 5.65. The van der Waals surface area contributed by atoms with E-state index in [1.54, 1.807) is 10.6 Å². The first-order valence-corrected chi connectivity index (χ1v) is 8.03. The van der Waals surface area contributed by atoms with Crippen LogP contribution in [0.5, 0.6) is 0 Å². The van der Waals surface area contributed by atoms with Crippen LogP contribution < -0.4 is 5.56 Å². The fourth-order valence-electron chi connectivity index (χ4n) is 2.95. The first kappa shape index (κ1) is 14.5. The highest BCUT2D eigenvalue weighted by Gasteiger charge is 2.15. The molecule has 0 aliphatic carbocycles. The van der Waals surface area contributed by atoms with Gasteiger partial charge in [0.05, 0.1) is 11.4 Å². The minimum atomic E-state index is -0.0668. The van der Waals surface area contributed by atoms with Crippen LogP contribution in [0.25, 0.3) is 22.6 Å². The molecule has 0 unspecified atom stereocenters. The van der Waals surface area contributed by atoms with E-state index in [0.717, 1.165) is 29.1 Å². The van der Waals surface area contributed by atoms with E-state index in [1.165, 1.54) is 0 Å². The first-order valence-electron chi connectivity index (χ1n) is 8.03. The van der Waals surface area contributed by atoms with Crippen LogP contribution >= 0.6 is 0 Å². The van der Waals surface area contributed by atoms with Gasteiger partial charge in [0, 0.05) is 23.4 Å². The highest BCUT2D eigenvalue weighted by Crippen LogP contribution is 2.25. The van der Waals surface area contributed by atoms with E-state index in [-0.39, 0.29) is 5.56 Å². The van der Waals surface area contributed by atoms with Gasteiger partial charge in [0.25, 0.3) is 5.56 Å². The maximum atomic E-state index is 12.7. The van der Waals surface area contributed by atoms with Gasteiger partial charge in [0.2, 0.25) is 0 Å². The summed E-state index contributed by atoms with van der Waals surface area (Å²) in [6, 6.07) is 23.5. The van der Waals surface area contributed by atoms with Crippen LogP contribution in [-0.2, 0) is 6.42 Å². The zero-order valence-corrected chi connectivity index (χ0v) is 13.4. The second kappa shape index (κ2) is 5.81. The Hall–Kier alpha value is -3.14. The lowest BCUT2D eigenvalue weighted by Crippen LogP contribution is -2.21. The van der Waals surface area contributed by atoms with E-state index < -0.39 is 0 Å². The van der Waals surface area contributed by atoms with Crippen molar-refractivity contribution >= 4 is 5.65 Å². The van der Waals surface area contributed by atoms with Crippen molar-refractivity contribution in [3.63, 3.8) is 0 Å². The molecule has 4 nitrogen and oxygen atoms in total.